The van der Waals surface area contributed by atoms with E-state index < -0.39 is 5.97 Å². The highest BCUT2D eigenvalue weighted by molar-refractivity contribution is 5.82. The molecule has 6 saturated heterocycles. The fourth-order valence-electron chi connectivity index (χ4n) is 5.65. The maximum atomic E-state index is 11.8. The van der Waals surface area contributed by atoms with Gasteiger partial charge in [0.1, 0.15) is 0 Å². The van der Waals surface area contributed by atoms with Crippen molar-refractivity contribution < 1.29 is 33.7 Å². The van der Waals surface area contributed by atoms with Crippen LogP contribution >= 0.6 is 0 Å². The highest BCUT2D eigenvalue weighted by Crippen LogP contribution is 2.29. The highest BCUT2D eigenvalue weighted by Gasteiger charge is 2.43. The minimum atomic E-state index is -0.706. The van der Waals surface area contributed by atoms with Crippen LogP contribution < -0.4 is 11.1 Å². The quantitative estimate of drug-likeness (QED) is 0.435. The van der Waals surface area contributed by atoms with Crippen molar-refractivity contribution in [3.63, 3.8) is 0 Å². The molecule has 0 saturated carbocycles. The number of fused-ring (bicyclic) bond motifs is 6. The third-order valence-corrected chi connectivity index (χ3v) is 8.91. The van der Waals surface area contributed by atoms with Gasteiger partial charge < -0.3 is 40.2 Å². The zero-order valence-corrected chi connectivity index (χ0v) is 25.0. The number of carboxylic acid groups (broad SMARTS) is 1. The van der Waals surface area contributed by atoms with Crippen LogP contribution in [0.5, 0.6) is 0 Å². The van der Waals surface area contributed by atoms with E-state index in [1.165, 1.54) is 6.42 Å². The molecule has 0 radical (unpaired) electrons. The monoisotopic (exact) mass is 568 g/mol. The van der Waals surface area contributed by atoms with Crippen molar-refractivity contribution in [1.29, 1.82) is 0 Å². The molecule has 6 aliphatic heterocycles. The van der Waals surface area contributed by atoms with Crippen LogP contribution in [0.25, 0.3) is 0 Å². The molecule has 0 spiro atoms. The Morgan fingerprint density at radius 3 is 1.57 bits per heavy atom. The number of aliphatic carboxylic acids is 1. The average molecular weight is 569 g/mol. The van der Waals surface area contributed by atoms with E-state index in [2.05, 4.69) is 12.2 Å². The number of ether oxygens (including phenoxy) is 3. The second-order valence-electron chi connectivity index (χ2n) is 11.9. The third kappa shape index (κ3) is 8.61. The lowest BCUT2D eigenvalue weighted by molar-refractivity contribution is -0.141. The van der Waals surface area contributed by atoms with E-state index in [0.29, 0.717) is 49.3 Å². The van der Waals surface area contributed by atoms with E-state index in [1.54, 1.807) is 6.92 Å². The summed E-state index contributed by atoms with van der Waals surface area (Å²) in [6, 6.07) is 1.06. The van der Waals surface area contributed by atoms with Crippen LogP contribution in [-0.4, -0.2) is 115 Å². The fraction of sp³-hybridized carbons (Fsp3) is 0.897. The van der Waals surface area contributed by atoms with E-state index >= 15 is 0 Å². The van der Waals surface area contributed by atoms with Gasteiger partial charge in [-0.25, -0.2) is 0 Å². The summed E-state index contributed by atoms with van der Waals surface area (Å²) in [6.07, 6.45) is 6.85. The molecule has 6 aliphatic rings. The second kappa shape index (κ2) is 15.4. The Morgan fingerprint density at radius 1 is 0.800 bits per heavy atom. The topological polar surface area (TPSA) is 144 Å². The molecule has 6 heterocycles. The first-order valence-corrected chi connectivity index (χ1v) is 15.2. The Kier molecular flexibility index (Phi) is 12.6. The first kappa shape index (κ1) is 32.7. The first-order chi connectivity index (χ1) is 19.1. The molecular weight excluding hydrogens is 516 g/mol. The molecule has 6 fully saturated rings. The number of rotatable bonds is 6. The normalized spacial score (nSPS) is 32.8. The molecule has 0 aromatic carbocycles. The van der Waals surface area contributed by atoms with Crippen LogP contribution in [0.4, 0.5) is 0 Å². The van der Waals surface area contributed by atoms with Crippen molar-refractivity contribution in [2.45, 2.75) is 116 Å². The SMILES string of the molecule is C1O[C@@H]2CN[C@H]1C2.CC[C@H](C)C(=O)N1C[C@@H]2C[C@H]1CO2.CC[C@H](C)C(=O)O.CC[C@H](N)C(=O)N1C[C@@H]2C[C@H]1CO2. The Bertz CT molecular complexity index is 781. The summed E-state index contributed by atoms with van der Waals surface area (Å²) in [5.41, 5.74) is 5.70. The van der Waals surface area contributed by atoms with Crippen LogP contribution in [-0.2, 0) is 28.6 Å². The smallest absolute Gasteiger partial charge is 0.306 e. The zero-order chi connectivity index (χ0) is 29.4. The van der Waals surface area contributed by atoms with Gasteiger partial charge in [-0.2, -0.15) is 0 Å². The minimum absolute atomic E-state index is 0.0956. The molecule has 9 atom stereocenters. The van der Waals surface area contributed by atoms with Gasteiger partial charge in [-0.05, 0) is 38.5 Å². The number of carboxylic acids is 1. The van der Waals surface area contributed by atoms with Gasteiger partial charge in [0.25, 0.3) is 0 Å². The summed E-state index contributed by atoms with van der Waals surface area (Å²) in [6.45, 7) is 14.6. The Labute approximate surface area is 239 Å². The number of carbonyl (C=O) groups excluding carboxylic acids is 2. The molecule has 40 heavy (non-hydrogen) atoms. The van der Waals surface area contributed by atoms with Gasteiger partial charge in [-0.15, -0.1) is 0 Å². The molecule has 0 aromatic rings. The molecule has 11 nitrogen and oxygen atoms in total. The number of carbonyl (C=O) groups is 3. The molecule has 0 unspecified atom stereocenters. The summed E-state index contributed by atoms with van der Waals surface area (Å²) in [4.78, 5) is 37.4. The summed E-state index contributed by atoms with van der Waals surface area (Å²) >= 11 is 0. The number of nitrogens with zero attached hydrogens (tertiary/aromatic N) is 2. The Morgan fingerprint density at radius 2 is 1.32 bits per heavy atom. The van der Waals surface area contributed by atoms with Crippen molar-refractivity contribution in [2.24, 2.45) is 17.6 Å². The number of likely N-dealkylation sites (tertiary alicyclic amines) is 2. The van der Waals surface area contributed by atoms with Crippen LogP contribution in [0.15, 0.2) is 0 Å². The van der Waals surface area contributed by atoms with Crippen molar-refractivity contribution >= 4 is 17.8 Å². The summed E-state index contributed by atoms with van der Waals surface area (Å²) < 4.78 is 16.2. The van der Waals surface area contributed by atoms with E-state index in [-0.39, 0.29) is 29.9 Å². The van der Waals surface area contributed by atoms with Crippen molar-refractivity contribution in [1.82, 2.24) is 15.1 Å². The molecule has 6 rings (SSSR count). The van der Waals surface area contributed by atoms with Crippen LogP contribution in [0.3, 0.4) is 0 Å². The predicted octanol–water partition coefficient (Wildman–Crippen LogP) is 1.62. The van der Waals surface area contributed by atoms with Gasteiger partial charge in [0.05, 0.1) is 62.2 Å². The van der Waals surface area contributed by atoms with E-state index in [4.69, 9.17) is 25.1 Å². The predicted molar refractivity (Wildman–Crippen MR) is 151 cm³/mol. The molecular formula is C29H52N4O7. The number of amides is 2. The molecule has 230 valence electrons. The molecule has 2 amide bonds. The molecule has 0 aliphatic carbocycles. The van der Waals surface area contributed by atoms with Crippen LogP contribution in [0, 0.1) is 11.8 Å². The van der Waals surface area contributed by atoms with Gasteiger partial charge in [-0.3, -0.25) is 14.4 Å². The third-order valence-electron chi connectivity index (χ3n) is 8.91. The van der Waals surface area contributed by atoms with E-state index in [0.717, 1.165) is 58.5 Å². The van der Waals surface area contributed by atoms with Gasteiger partial charge in [0.15, 0.2) is 0 Å². The lowest BCUT2D eigenvalue weighted by Crippen LogP contribution is -2.48. The molecule has 4 N–H and O–H groups in total. The van der Waals surface area contributed by atoms with Gasteiger partial charge >= 0.3 is 5.97 Å². The number of nitrogens with two attached hydrogens (primary N) is 1. The zero-order valence-electron chi connectivity index (χ0n) is 25.0. The van der Waals surface area contributed by atoms with Crippen LogP contribution in [0.2, 0.25) is 0 Å². The van der Waals surface area contributed by atoms with Crippen molar-refractivity contribution in [3.05, 3.63) is 0 Å². The fourth-order valence-corrected chi connectivity index (χ4v) is 5.65. The highest BCUT2D eigenvalue weighted by atomic mass is 16.5. The standard InChI is InChI=1S/C10H17NO2.C9H16N2O2.C5H9NO.C5H10O2/c1-3-7(2)10(12)11-5-9-4-8(11)6-13-9;1-2-8(10)9(12)11-4-7-3-6(11)5-13-7;1-4-3-7-5(1)2-6-4;1-3-4(2)5(6)7/h7-9H,3-6H2,1-2H3;6-8H,2-5,10H2,1H3;4-6H,1-3H2;4H,3H2,1-2H3,(H,6,7)/t7-,8-,9-;6-,7-,8-;4-,5-;4-/m0000/s1. The van der Waals surface area contributed by atoms with E-state index in [1.807, 2.05) is 30.6 Å². The summed E-state index contributed by atoms with van der Waals surface area (Å²) in [5.74, 6) is -0.293. The number of hydrogen-bond acceptors (Lipinski definition) is 8. The van der Waals surface area contributed by atoms with Crippen LogP contribution in [0.1, 0.15) is 73.1 Å². The summed E-state index contributed by atoms with van der Waals surface area (Å²) in [7, 11) is 0. The first-order valence-electron chi connectivity index (χ1n) is 15.2. The number of nitrogens with one attached hydrogen (secondary N) is 1. The minimum Gasteiger partial charge on any atom is -0.481 e. The largest absolute Gasteiger partial charge is 0.481 e. The van der Waals surface area contributed by atoms with E-state index in [9.17, 15) is 14.4 Å². The maximum Gasteiger partial charge on any atom is 0.306 e. The maximum absolute atomic E-state index is 11.8. The molecule has 6 bridgehead atoms. The Hall–Kier alpha value is -1.79. The number of morpholine rings is 3. The molecule has 11 heteroatoms. The van der Waals surface area contributed by atoms with Gasteiger partial charge in [0.2, 0.25) is 11.8 Å². The van der Waals surface area contributed by atoms with Gasteiger partial charge in [0, 0.05) is 31.6 Å². The second-order valence-corrected chi connectivity index (χ2v) is 11.9. The lowest BCUT2D eigenvalue weighted by atomic mass is 10.1. The molecule has 0 aromatic heterocycles. The van der Waals surface area contributed by atoms with Crippen molar-refractivity contribution in [3.8, 4) is 0 Å². The van der Waals surface area contributed by atoms with Gasteiger partial charge in [-0.1, -0.05) is 34.6 Å². The van der Waals surface area contributed by atoms with Crippen molar-refractivity contribution in [2.75, 3.05) is 39.5 Å². The lowest BCUT2D eigenvalue weighted by Gasteiger charge is -2.29. The Balaban J connectivity index is 0.000000153. The number of hydrogen-bond donors (Lipinski definition) is 3. The summed E-state index contributed by atoms with van der Waals surface area (Å²) in [5, 5.41) is 11.5. The average Bonchev–Trinajstić information content (AvgIpc) is 3.83.